The molecule has 0 radical (unpaired) electrons. The molecule has 1 fully saturated rings. The molecule has 0 bridgehead atoms. The molecule has 0 aromatic heterocycles. The molecular weight excluding hydrogens is 428 g/mol. The largest absolute Gasteiger partial charge is 0.478 e. The van der Waals surface area contributed by atoms with Gasteiger partial charge >= 0.3 is 12.1 Å². The first-order valence-electron chi connectivity index (χ1n) is 11.8. The maximum absolute atomic E-state index is 12.8. The molecule has 1 heterocycles. The molecule has 0 atom stereocenters. The number of aromatic carboxylic acids is 1. The Kier molecular flexibility index (Phi) is 6.21. The number of anilines is 1. The van der Waals surface area contributed by atoms with Crippen molar-refractivity contribution in [3.63, 3.8) is 0 Å². The van der Waals surface area contributed by atoms with Crippen molar-refractivity contribution in [1.82, 2.24) is 4.90 Å². The van der Waals surface area contributed by atoms with Crippen molar-refractivity contribution in [3.8, 4) is 11.1 Å². The van der Waals surface area contributed by atoms with Crippen molar-refractivity contribution in [2.24, 2.45) is 5.92 Å². The Morgan fingerprint density at radius 1 is 0.912 bits per heavy atom. The predicted octanol–water partition coefficient (Wildman–Crippen LogP) is 5.46. The predicted molar refractivity (Wildman–Crippen MR) is 131 cm³/mol. The van der Waals surface area contributed by atoms with E-state index < -0.39 is 5.97 Å². The zero-order valence-corrected chi connectivity index (χ0v) is 18.9. The number of amides is 1. The highest BCUT2D eigenvalue weighted by molar-refractivity contribution is 5.88. The third-order valence-electron chi connectivity index (χ3n) is 6.91. The smallest absolute Gasteiger partial charge is 0.409 e. The first-order chi connectivity index (χ1) is 16.6. The molecule has 6 nitrogen and oxygen atoms in total. The lowest BCUT2D eigenvalue weighted by Crippen LogP contribution is -2.40. The van der Waals surface area contributed by atoms with E-state index in [4.69, 9.17) is 9.84 Å². The first kappa shape index (κ1) is 22.0. The average molecular weight is 457 g/mol. The molecule has 3 aromatic rings. The third kappa shape index (κ3) is 4.49. The fourth-order valence-corrected chi connectivity index (χ4v) is 5.03. The molecule has 1 aliphatic heterocycles. The molecule has 1 aliphatic carbocycles. The second-order valence-electron chi connectivity index (χ2n) is 9.00. The number of likely N-dealkylation sites (tertiary alicyclic amines) is 1. The van der Waals surface area contributed by atoms with E-state index in [-0.39, 0.29) is 17.6 Å². The molecular formula is C28H28N2O4. The van der Waals surface area contributed by atoms with Gasteiger partial charge in [-0.15, -0.1) is 0 Å². The lowest BCUT2D eigenvalue weighted by atomic mass is 9.97. The molecule has 0 unspecified atom stereocenters. The molecule has 2 aliphatic rings. The van der Waals surface area contributed by atoms with E-state index >= 15 is 0 Å². The number of carbonyl (C=O) groups excluding carboxylic acids is 1. The Balaban J connectivity index is 1.12. The molecule has 6 heteroatoms. The number of carboxylic acid groups (broad SMARTS) is 1. The quantitative estimate of drug-likeness (QED) is 0.515. The van der Waals surface area contributed by atoms with Crippen LogP contribution in [0.1, 0.15) is 40.2 Å². The summed E-state index contributed by atoms with van der Waals surface area (Å²) in [5.74, 6) is -0.439. The van der Waals surface area contributed by atoms with Gasteiger partial charge in [-0.05, 0) is 59.2 Å². The Hall–Kier alpha value is -3.80. The lowest BCUT2D eigenvalue weighted by Gasteiger charge is -2.32. The van der Waals surface area contributed by atoms with Crippen LogP contribution in [0, 0.1) is 5.92 Å². The van der Waals surface area contributed by atoms with Gasteiger partial charge in [0.25, 0.3) is 0 Å². The molecule has 1 amide bonds. The zero-order chi connectivity index (χ0) is 23.5. The number of carbonyl (C=O) groups is 2. The maximum Gasteiger partial charge on any atom is 0.409 e. The summed E-state index contributed by atoms with van der Waals surface area (Å²) in [4.78, 5) is 25.7. The average Bonchev–Trinajstić information content (AvgIpc) is 3.20. The minimum Gasteiger partial charge on any atom is -0.478 e. The van der Waals surface area contributed by atoms with Crippen molar-refractivity contribution >= 4 is 17.7 Å². The standard InChI is InChI=1S/C28H28N2O4/c31-27(32)20-6-5-7-21(16-20)29-17-19-12-14-30(15-13-19)28(33)34-18-26-24-10-3-1-8-22(24)23-9-2-4-11-25(23)26/h1-11,16,19,26,29H,12-15,17-18H2,(H,31,32). The van der Waals surface area contributed by atoms with Crippen LogP contribution in [0.3, 0.4) is 0 Å². The summed E-state index contributed by atoms with van der Waals surface area (Å²) in [7, 11) is 0. The van der Waals surface area contributed by atoms with Gasteiger partial charge in [0.15, 0.2) is 0 Å². The Labute approximate surface area is 199 Å². The lowest BCUT2D eigenvalue weighted by molar-refractivity contribution is 0.0696. The summed E-state index contributed by atoms with van der Waals surface area (Å²) in [6, 6.07) is 23.5. The van der Waals surface area contributed by atoms with E-state index in [1.165, 1.54) is 22.3 Å². The summed E-state index contributed by atoms with van der Waals surface area (Å²) < 4.78 is 5.80. The van der Waals surface area contributed by atoms with Crippen LogP contribution in [0.15, 0.2) is 72.8 Å². The SMILES string of the molecule is O=C(O)c1cccc(NCC2CCN(C(=O)OCC3c4ccccc4-c4ccccc43)CC2)c1. The van der Waals surface area contributed by atoms with E-state index in [2.05, 4.69) is 29.6 Å². The van der Waals surface area contributed by atoms with E-state index in [0.717, 1.165) is 25.1 Å². The minimum absolute atomic E-state index is 0.0691. The molecule has 34 heavy (non-hydrogen) atoms. The second-order valence-corrected chi connectivity index (χ2v) is 9.00. The van der Waals surface area contributed by atoms with Gasteiger partial charge in [-0.2, -0.15) is 0 Å². The van der Waals surface area contributed by atoms with Crippen molar-refractivity contribution in [1.29, 1.82) is 0 Å². The number of hydrogen-bond donors (Lipinski definition) is 2. The second kappa shape index (κ2) is 9.59. The summed E-state index contributed by atoms with van der Waals surface area (Å²) in [5.41, 5.74) is 5.96. The summed E-state index contributed by atoms with van der Waals surface area (Å²) in [6.07, 6.45) is 1.52. The Bertz CT molecular complexity index is 1150. The van der Waals surface area contributed by atoms with Gasteiger partial charge in [-0.3, -0.25) is 0 Å². The van der Waals surface area contributed by atoms with Crippen molar-refractivity contribution < 1.29 is 19.4 Å². The van der Waals surface area contributed by atoms with Gasteiger partial charge in [-0.25, -0.2) is 9.59 Å². The zero-order valence-electron chi connectivity index (χ0n) is 18.9. The van der Waals surface area contributed by atoms with Crippen molar-refractivity contribution in [3.05, 3.63) is 89.5 Å². The Morgan fingerprint density at radius 3 is 2.21 bits per heavy atom. The third-order valence-corrected chi connectivity index (χ3v) is 6.91. The first-order valence-corrected chi connectivity index (χ1v) is 11.8. The van der Waals surface area contributed by atoms with Crippen LogP contribution in [0.2, 0.25) is 0 Å². The fraction of sp³-hybridized carbons (Fsp3) is 0.286. The number of benzene rings is 3. The summed E-state index contributed by atoms with van der Waals surface area (Å²) >= 11 is 0. The number of fused-ring (bicyclic) bond motifs is 3. The number of piperidine rings is 1. The van der Waals surface area contributed by atoms with Crippen molar-refractivity contribution in [2.45, 2.75) is 18.8 Å². The number of carboxylic acids is 1. The molecule has 5 rings (SSSR count). The van der Waals surface area contributed by atoms with Crippen LogP contribution in [0.25, 0.3) is 11.1 Å². The van der Waals surface area contributed by atoms with Crippen LogP contribution in [-0.4, -0.2) is 48.3 Å². The van der Waals surface area contributed by atoms with Crippen LogP contribution >= 0.6 is 0 Å². The number of hydrogen-bond acceptors (Lipinski definition) is 4. The monoisotopic (exact) mass is 456 g/mol. The number of nitrogens with zero attached hydrogens (tertiary/aromatic N) is 1. The normalized spacial score (nSPS) is 15.5. The molecule has 1 saturated heterocycles. The van der Waals surface area contributed by atoms with Crippen molar-refractivity contribution in [2.75, 3.05) is 31.6 Å². The van der Waals surface area contributed by atoms with Crippen LogP contribution in [0.4, 0.5) is 10.5 Å². The summed E-state index contributed by atoms with van der Waals surface area (Å²) in [6.45, 7) is 2.42. The molecule has 3 aromatic carbocycles. The minimum atomic E-state index is -0.931. The van der Waals surface area contributed by atoms with E-state index in [1.54, 1.807) is 23.1 Å². The molecule has 174 valence electrons. The van der Waals surface area contributed by atoms with E-state index in [1.807, 2.05) is 30.3 Å². The highest BCUT2D eigenvalue weighted by Crippen LogP contribution is 2.44. The number of ether oxygens (including phenoxy) is 1. The summed E-state index contributed by atoms with van der Waals surface area (Å²) in [5, 5.41) is 12.5. The van der Waals surface area contributed by atoms with Crippen LogP contribution in [-0.2, 0) is 4.74 Å². The highest BCUT2D eigenvalue weighted by Gasteiger charge is 2.30. The van der Waals surface area contributed by atoms with Gasteiger partial charge in [-0.1, -0.05) is 54.6 Å². The number of nitrogens with one attached hydrogen (secondary N) is 1. The Morgan fingerprint density at radius 2 is 1.56 bits per heavy atom. The van der Waals surface area contributed by atoms with Crippen LogP contribution < -0.4 is 5.32 Å². The van der Waals surface area contributed by atoms with E-state index in [0.29, 0.717) is 25.6 Å². The van der Waals surface area contributed by atoms with Crippen LogP contribution in [0.5, 0.6) is 0 Å². The fourth-order valence-electron chi connectivity index (χ4n) is 5.03. The van der Waals surface area contributed by atoms with Gasteiger partial charge < -0.3 is 20.1 Å². The topological polar surface area (TPSA) is 78.9 Å². The molecule has 0 spiro atoms. The van der Waals surface area contributed by atoms with E-state index in [9.17, 15) is 9.59 Å². The number of rotatable bonds is 6. The molecule has 2 N–H and O–H groups in total. The van der Waals surface area contributed by atoms with Gasteiger partial charge in [0.05, 0.1) is 5.56 Å². The van der Waals surface area contributed by atoms with Gasteiger partial charge in [0, 0.05) is 31.2 Å². The van der Waals surface area contributed by atoms with Gasteiger partial charge in [0.2, 0.25) is 0 Å². The molecule has 0 saturated carbocycles. The van der Waals surface area contributed by atoms with Gasteiger partial charge in [0.1, 0.15) is 6.61 Å². The maximum atomic E-state index is 12.8. The highest BCUT2D eigenvalue weighted by atomic mass is 16.6.